The van der Waals surface area contributed by atoms with Crippen molar-refractivity contribution in [2.24, 2.45) is 0 Å². The zero-order valence-corrected chi connectivity index (χ0v) is 15.9. The highest BCUT2D eigenvalue weighted by Crippen LogP contribution is 2.30. The van der Waals surface area contributed by atoms with Crippen LogP contribution in [0, 0.1) is 5.82 Å². The summed E-state index contributed by atoms with van der Waals surface area (Å²) in [6, 6.07) is 14.1. The van der Waals surface area contributed by atoms with Crippen LogP contribution >= 0.6 is 0 Å². The lowest BCUT2D eigenvalue weighted by atomic mass is 10.1. The molecule has 2 heterocycles. The second-order valence-corrected chi connectivity index (χ2v) is 9.36. The van der Waals surface area contributed by atoms with Crippen molar-refractivity contribution >= 4 is 20.7 Å². The van der Waals surface area contributed by atoms with E-state index in [-0.39, 0.29) is 11.1 Å². The van der Waals surface area contributed by atoms with Gasteiger partial charge in [-0.2, -0.15) is 0 Å². The molecular formula is C21H23FN2O2S. The molecule has 27 heavy (non-hydrogen) atoms. The molecule has 142 valence electrons. The van der Waals surface area contributed by atoms with E-state index in [2.05, 4.69) is 9.88 Å². The molecule has 0 amide bonds. The van der Waals surface area contributed by atoms with E-state index < -0.39 is 9.84 Å². The van der Waals surface area contributed by atoms with Gasteiger partial charge in [0.15, 0.2) is 9.84 Å². The standard InChI is InChI=1S/C21H23FN2O2S/c22-17-7-5-16(6-8-17)9-12-24-13-10-18(11-14-24)27(25,26)21-15-23-20-4-2-1-3-19(20)21/h1-8,15,18,23H,9-14H2. The zero-order valence-electron chi connectivity index (χ0n) is 15.1. The number of halogens is 1. The molecule has 1 aliphatic heterocycles. The van der Waals surface area contributed by atoms with E-state index in [0.717, 1.165) is 42.5 Å². The van der Waals surface area contributed by atoms with Crippen LogP contribution in [-0.4, -0.2) is 43.2 Å². The highest BCUT2D eigenvalue weighted by Gasteiger charge is 2.32. The van der Waals surface area contributed by atoms with Gasteiger partial charge in [0, 0.05) is 23.6 Å². The average Bonchev–Trinajstić information content (AvgIpc) is 3.13. The van der Waals surface area contributed by atoms with Crippen LogP contribution in [0.15, 0.2) is 59.6 Å². The molecule has 0 bridgehead atoms. The van der Waals surface area contributed by atoms with Crippen molar-refractivity contribution < 1.29 is 12.8 Å². The fraction of sp³-hybridized carbons (Fsp3) is 0.333. The molecule has 0 unspecified atom stereocenters. The normalized spacial score (nSPS) is 16.8. The summed E-state index contributed by atoms with van der Waals surface area (Å²) in [6.45, 7) is 2.41. The number of nitrogens with one attached hydrogen (secondary N) is 1. The number of rotatable bonds is 5. The number of hydrogen-bond acceptors (Lipinski definition) is 3. The fourth-order valence-corrected chi connectivity index (χ4v) is 5.74. The molecule has 0 saturated carbocycles. The molecule has 3 aromatic rings. The van der Waals surface area contributed by atoms with E-state index >= 15 is 0 Å². The monoisotopic (exact) mass is 386 g/mol. The largest absolute Gasteiger partial charge is 0.360 e. The van der Waals surface area contributed by atoms with E-state index in [1.807, 2.05) is 36.4 Å². The van der Waals surface area contributed by atoms with E-state index in [1.54, 1.807) is 6.20 Å². The maximum absolute atomic E-state index is 13.1. The summed E-state index contributed by atoms with van der Waals surface area (Å²) < 4.78 is 39.2. The van der Waals surface area contributed by atoms with E-state index in [4.69, 9.17) is 0 Å². The molecule has 0 radical (unpaired) electrons. The van der Waals surface area contributed by atoms with Gasteiger partial charge in [0.25, 0.3) is 0 Å². The van der Waals surface area contributed by atoms with Crippen molar-refractivity contribution in [2.75, 3.05) is 19.6 Å². The minimum atomic E-state index is -3.34. The average molecular weight is 386 g/mol. The predicted octanol–water partition coefficient (Wildman–Crippen LogP) is 3.79. The third kappa shape index (κ3) is 3.77. The second-order valence-electron chi connectivity index (χ2n) is 7.16. The van der Waals surface area contributed by atoms with Crippen molar-refractivity contribution in [3.8, 4) is 0 Å². The van der Waals surface area contributed by atoms with Gasteiger partial charge in [-0.1, -0.05) is 30.3 Å². The lowest BCUT2D eigenvalue weighted by Gasteiger charge is -2.31. The van der Waals surface area contributed by atoms with Gasteiger partial charge in [-0.05, 0) is 56.1 Å². The third-order valence-corrected chi connectivity index (χ3v) is 7.76. The minimum absolute atomic E-state index is 0.220. The van der Waals surface area contributed by atoms with E-state index in [9.17, 15) is 12.8 Å². The highest BCUT2D eigenvalue weighted by atomic mass is 32.2. The predicted molar refractivity (Wildman–Crippen MR) is 105 cm³/mol. The van der Waals surface area contributed by atoms with Crippen LogP contribution in [0.4, 0.5) is 4.39 Å². The Kier molecular flexibility index (Phi) is 5.02. The Morgan fingerprint density at radius 2 is 1.74 bits per heavy atom. The Hall–Kier alpha value is -2.18. The number of fused-ring (bicyclic) bond motifs is 1. The molecular weight excluding hydrogens is 363 g/mol. The lowest BCUT2D eigenvalue weighted by molar-refractivity contribution is 0.232. The zero-order chi connectivity index (χ0) is 18.9. The number of piperidine rings is 1. The number of likely N-dealkylation sites (tertiary alicyclic amines) is 1. The highest BCUT2D eigenvalue weighted by molar-refractivity contribution is 7.92. The Balaban J connectivity index is 1.39. The third-order valence-electron chi connectivity index (χ3n) is 5.46. The molecule has 0 aliphatic carbocycles. The molecule has 1 aliphatic rings. The number of nitrogens with zero attached hydrogens (tertiary/aromatic N) is 1. The summed E-state index contributed by atoms with van der Waals surface area (Å²) in [7, 11) is -3.34. The van der Waals surface area contributed by atoms with Gasteiger partial charge in [0.05, 0.1) is 10.1 Å². The quantitative estimate of drug-likeness (QED) is 0.726. The summed E-state index contributed by atoms with van der Waals surface area (Å²) >= 11 is 0. The Morgan fingerprint density at radius 3 is 2.48 bits per heavy atom. The second kappa shape index (κ2) is 7.44. The summed E-state index contributed by atoms with van der Waals surface area (Å²) in [5.41, 5.74) is 1.96. The molecule has 1 fully saturated rings. The number of aromatic amines is 1. The maximum atomic E-state index is 13.1. The number of para-hydroxylation sites is 1. The first-order valence-electron chi connectivity index (χ1n) is 9.31. The molecule has 2 aromatic carbocycles. The van der Waals surface area contributed by atoms with Crippen molar-refractivity contribution in [3.63, 3.8) is 0 Å². The van der Waals surface area contributed by atoms with Crippen LogP contribution in [-0.2, 0) is 16.3 Å². The molecule has 1 saturated heterocycles. The molecule has 1 aromatic heterocycles. The summed E-state index contributed by atoms with van der Waals surface area (Å²) in [5, 5.41) is 0.440. The van der Waals surface area contributed by atoms with Crippen LogP contribution in [0.25, 0.3) is 10.9 Å². The van der Waals surface area contributed by atoms with E-state index in [1.165, 1.54) is 12.1 Å². The molecule has 1 N–H and O–H groups in total. The van der Waals surface area contributed by atoms with Crippen molar-refractivity contribution in [1.82, 2.24) is 9.88 Å². The first-order chi connectivity index (χ1) is 13.0. The summed E-state index contributed by atoms with van der Waals surface area (Å²) in [6.07, 6.45) is 3.76. The van der Waals surface area contributed by atoms with Crippen LogP contribution in [0.3, 0.4) is 0 Å². The summed E-state index contributed by atoms with van der Waals surface area (Å²) in [4.78, 5) is 5.78. The number of aromatic nitrogens is 1. The Morgan fingerprint density at radius 1 is 1.04 bits per heavy atom. The van der Waals surface area contributed by atoms with Crippen molar-refractivity contribution in [1.29, 1.82) is 0 Å². The van der Waals surface area contributed by atoms with Gasteiger partial charge in [-0.3, -0.25) is 0 Å². The van der Waals surface area contributed by atoms with Gasteiger partial charge >= 0.3 is 0 Å². The molecule has 4 rings (SSSR count). The van der Waals surface area contributed by atoms with Crippen LogP contribution in [0.5, 0.6) is 0 Å². The van der Waals surface area contributed by atoms with Gasteiger partial charge in [0.1, 0.15) is 5.82 Å². The number of H-pyrrole nitrogens is 1. The SMILES string of the molecule is O=S(=O)(c1c[nH]c2ccccc12)C1CCN(CCc2ccc(F)cc2)CC1. The maximum Gasteiger partial charge on any atom is 0.183 e. The van der Waals surface area contributed by atoms with Crippen LogP contribution in [0.2, 0.25) is 0 Å². The molecule has 0 atom stereocenters. The topological polar surface area (TPSA) is 53.2 Å². The van der Waals surface area contributed by atoms with Gasteiger partial charge in [-0.25, -0.2) is 12.8 Å². The van der Waals surface area contributed by atoms with Crippen LogP contribution < -0.4 is 0 Å². The lowest BCUT2D eigenvalue weighted by Crippen LogP contribution is -2.40. The number of sulfone groups is 1. The van der Waals surface area contributed by atoms with Crippen LogP contribution in [0.1, 0.15) is 18.4 Å². The minimum Gasteiger partial charge on any atom is -0.360 e. The molecule has 0 spiro atoms. The molecule has 4 nitrogen and oxygen atoms in total. The van der Waals surface area contributed by atoms with Crippen molar-refractivity contribution in [3.05, 3.63) is 66.1 Å². The van der Waals surface area contributed by atoms with Gasteiger partial charge in [0.2, 0.25) is 0 Å². The van der Waals surface area contributed by atoms with E-state index in [0.29, 0.717) is 17.7 Å². The van der Waals surface area contributed by atoms with Crippen molar-refractivity contribution in [2.45, 2.75) is 29.4 Å². The summed E-state index contributed by atoms with van der Waals surface area (Å²) in [5.74, 6) is -0.220. The Bertz CT molecular complexity index is 1020. The molecule has 6 heteroatoms. The Labute approximate surface area is 158 Å². The smallest absolute Gasteiger partial charge is 0.183 e. The number of hydrogen-bond donors (Lipinski definition) is 1. The van der Waals surface area contributed by atoms with Gasteiger partial charge in [-0.15, -0.1) is 0 Å². The first-order valence-corrected chi connectivity index (χ1v) is 10.9. The number of benzene rings is 2. The van der Waals surface area contributed by atoms with Gasteiger partial charge < -0.3 is 9.88 Å². The first kappa shape index (κ1) is 18.2. The fourth-order valence-electron chi connectivity index (χ4n) is 3.84.